The minimum absolute atomic E-state index is 0.0612. The molecule has 4 atom stereocenters. The molecule has 1 heterocycles. The van der Waals surface area contributed by atoms with Gasteiger partial charge < -0.3 is 9.84 Å². The van der Waals surface area contributed by atoms with E-state index >= 15 is 0 Å². The third-order valence-electron chi connectivity index (χ3n) is 8.95. The number of carbonyl (C=O) groups excluding carboxylic acids is 4. The van der Waals surface area contributed by atoms with E-state index in [1.165, 1.54) is 11.0 Å². The summed E-state index contributed by atoms with van der Waals surface area (Å²) in [5, 5.41) is 11.2. The number of halogens is 1. The Morgan fingerprint density at radius 2 is 1.82 bits per heavy atom. The molecular weight excluding hydrogens is 550 g/mol. The first kappa shape index (κ1) is 25.3. The standard InChI is InChI=1S/C30H30BrNO6/c1-2-38-23-10-6-9-17(28(23)35)24-16-11-12-18-25(30(37)32(29(18)36)15-7-4-3-5-8-15)19(16)13-20-26(24)22(33)14-21(31)27(20)34/h6,9-11,14-15,18-19,24-25,35H,2-5,7-8,12-13H2,1H3/t18-,19+,24+,25-/m0/s1. The van der Waals surface area contributed by atoms with E-state index in [9.17, 15) is 24.3 Å². The van der Waals surface area contributed by atoms with Crippen molar-refractivity contribution in [2.24, 2.45) is 17.8 Å². The van der Waals surface area contributed by atoms with Crippen molar-refractivity contribution in [2.45, 2.75) is 63.8 Å². The number of ether oxygens (including phenoxy) is 1. The van der Waals surface area contributed by atoms with Gasteiger partial charge in [0, 0.05) is 34.7 Å². The average Bonchev–Trinajstić information content (AvgIpc) is 3.18. The second-order valence-electron chi connectivity index (χ2n) is 10.9. The lowest BCUT2D eigenvalue weighted by Crippen LogP contribution is -2.43. The number of rotatable bonds is 4. The molecule has 1 aromatic rings. The van der Waals surface area contributed by atoms with E-state index < -0.39 is 23.7 Å². The molecule has 6 rings (SSSR count). The van der Waals surface area contributed by atoms with Gasteiger partial charge in [-0.1, -0.05) is 43.0 Å². The molecule has 1 saturated heterocycles. The van der Waals surface area contributed by atoms with E-state index in [0.717, 1.165) is 37.7 Å². The maximum absolute atomic E-state index is 13.9. The minimum Gasteiger partial charge on any atom is -0.504 e. The zero-order valence-electron chi connectivity index (χ0n) is 21.2. The van der Waals surface area contributed by atoms with Gasteiger partial charge in [-0.3, -0.25) is 24.1 Å². The molecule has 0 unspecified atom stereocenters. The molecule has 0 radical (unpaired) electrons. The van der Waals surface area contributed by atoms with Gasteiger partial charge in [0.15, 0.2) is 23.1 Å². The summed E-state index contributed by atoms with van der Waals surface area (Å²) >= 11 is 3.25. The zero-order valence-corrected chi connectivity index (χ0v) is 22.8. The van der Waals surface area contributed by atoms with Crippen molar-refractivity contribution in [2.75, 3.05) is 6.61 Å². The average molecular weight is 580 g/mol. The molecule has 2 fully saturated rings. The number of ketones is 2. The highest BCUT2D eigenvalue weighted by atomic mass is 79.9. The number of para-hydroxylation sites is 1. The Bertz CT molecular complexity index is 1350. The highest BCUT2D eigenvalue weighted by Gasteiger charge is 2.57. The van der Waals surface area contributed by atoms with Gasteiger partial charge in [-0.15, -0.1) is 0 Å². The number of carbonyl (C=O) groups is 4. The van der Waals surface area contributed by atoms with Crippen LogP contribution in [-0.2, 0) is 19.2 Å². The number of phenolic OH excluding ortho intramolecular Hbond substituents is 1. The number of benzene rings is 1. The topological polar surface area (TPSA) is 101 Å². The molecule has 2 amide bonds. The lowest BCUT2D eigenvalue weighted by molar-refractivity contribution is -0.143. The molecule has 198 valence electrons. The fourth-order valence-electron chi connectivity index (χ4n) is 7.33. The summed E-state index contributed by atoms with van der Waals surface area (Å²) in [5.74, 6) is -2.77. The molecule has 5 aliphatic rings. The Kier molecular flexibility index (Phi) is 6.41. The quantitative estimate of drug-likeness (QED) is 0.310. The summed E-state index contributed by atoms with van der Waals surface area (Å²) in [6, 6.07) is 5.10. The van der Waals surface area contributed by atoms with Crippen LogP contribution < -0.4 is 4.74 Å². The van der Waals surface area contributed by atoms with Gasteiger partial charge in [0.1, 0.15) is 0 Å². The van der Waals surface area contributed by atoms with Gasteiger partial charge in [0.05, 0.1) is 22.9 Å². The molecule has 7 nitrogen and oxygen atoms in total. The molecule has 1 aliphatic heterocycles. The normalized spacial score (nSPS) is 29.6. The van der Waals surface area contributed by atoms with Crippen LogP contribution in [0.5, 0.6) is 11.5 Å². The number of Topliss-reactive ketones (excluding diaryl/α,β-unsaturated/α-hetero) is 1. The molecule has 0 aromatic heterocycles. The lowest BCUT2D eigenvalue weighted by atomic mass is 9.59. The summed E-state index contributed by atoms with van der Waals surface area (Å²) in [4.78, 5) is 55.8. The summed E-state index contributed by atoms with van der Waals surface area (Å²) in [6.45, 7) is 2.17. The Morgan fingerprint density at radius 1 is 1.05 bits per heavy atom. The van der Waals surface area contributed by atoms with Gasteiger partial charge in [-0.25, -0.2) is 0 Å². The maximum atomic E-state index is 13.9. The highest BCUT2D eigenvalue weighted by Crippen LogP contribution is 2.57. The van der Waals surface area contributed by atoms with Crippen molar-refractivity contribution < 1.29 is 29.0 Å². The summed E-state index contributed by atoms with van der Waals surface area (Å²) < 4.78 is 5.81. The van der Waals surface area contributed by atoms with Crippen molar-refractivity contribution in [1.29, 1.82) is 0 Å². The molecule has 1 saturated carbocycles. The molecule has 1 aromatic carbocycles. The van der Waals surface area contributed by atoms with Gasteiger partial charge in [-0.2, -0.15) is 0 Å². The van der Waals surface area contributed by atoms with E-state index in [0.29, 0.717) is 35.5 Å². The lowest BCUT2D eigenvalue weighted by Gasteiger charge is -2.42. The number of nitrogens with zero attached hydrogens (tertiary/aromatic N) is 1. The Labute approximate surface area is 229 Å². The van der Waals surface area contributed by atoms with Crippen LogP contribution in [0.2, 0.25) is 0 Å². The number of hydrogen-bond donors (Lipinski definition) is 1. The van der Waals surface area contributed by atoms with Crippen LogP contribution in [0.15, 0.2) is 51.6 Å². The molecule has 8 heteroatoms. The van der Waals surface area contributed by atoms with Crippen LogP contribution >= 0.6 is 15.9 Å². The van der Waals surface area contributed by atoms with E-state index in [2.05, 4.69) is 15.9 Å². The number of allylic oxidation sites excluding steroid dienone is 6. The van der Waals surface area contributed by atoms with Crippen LogP contribution in [0.1, 0.15) is 63.4 Å². The minimum atomic E-state index is -0.704. The fourth-order valence-corrected chi connectivity index (χ4v) is 7.78. The Hall–Kier alpha value is -3.00. The summed E-state index contributed by atoms with van der Waals surface area (Å²) in [7, 11) is 0. The number of hydrogen-bond acceptors (Lipinski definition) is 6. The first-order chi connectivity index (χ1) is 18.3. The smallest absolute Gasteiger partial charge is 0.233 e. The summed E-state index contributed by atoms with van der Waals surface area (Å²) in [6.07, 6.45) is 8.70. The summed E-state index contributed by atoms with van der Waals surface area (Å²) in [5.41, 5.74) is 1.98. The molecule has 1 N–H and O–H groups in total. The molecular formula is C30H30BrNO6. The van der Waals surface area contributed by atoms with Crippen LogP contribution in [0.3, 0.4) is 0 Å². The Morgan fingerprint density at radius 3 is 2.55 bits per heavy atom. The highest BCUT2D eigenvalue weighted by molar-refractivity contribution is 9.12. The molecule has 0 spiro atoms. The van der Waals surface area contributed by atoms with Crippen LogP contribution in [0.4, 0.5) is 0 Å². The van der Waals surface area contributed by atoms with E-state index in [-0.39, 0.29) is 46.1 Å². The van der Waals surface area contributed by atoms with Gasteiger partial charge >= 0.3 is 0 Å². The van der Waals surface area contributed by atoms with Crippen LogP contribution in [0.25, 0.3) is 0 Å². The molecule has 38 heavy (non-hydrogen) atoms. The number of fused-ring (bicyclic) bond motifs is 3. The van der Waals surface area contributed by atoms with E-state index in [4.69, 9.17) is 4.74 Å². The van der Waals surface area contributed by atoms with Crippen molar-refractivity contribution in [3.05, 3.63) is 57.1 Å². The molecule has 0 bridgehead atoms. The fraction of sp³-hybridized carbons (Fsp3) is 0.467. The van der Waals surface area contributed by atoms with E-state index in [1.807, 2.05) is 13.0 Å². The van der Waals surface area contributed by atoms with Crippen LogP contribution in [0, 0.1) is 17.8 Å². The largest absolute Gasteiger partial charge is 0.504 e. The number of likely N-dealkylation sites (tertiary alicyclic amines) is 1. The SMILES string of the molecule is CCOc1cccc([C@H]2C3=CC[C@@H]4C(=O)N(C5CCCCC5)C(=O)[C@@H]4[C@@H]3CC3=C2C(=O)C=C(Br)C3=O)c1O. The third-order valence-corrected chi connectivity index (χ3v) is 9.54. The zero-order chi connectivity index (χ0) is 26.7. The first-order valence-electron chi connectivity index (χ1n) is 13.5. The first-order valence-corrected chi connectivity index (χ1v) is 14.3. The van der Waals surface area contributed by atoms with Gasteiger partial charge in [0.25, 0.3) is 0 Å². The maximum Gasteiger partial charge on any atom is 0.233 e. The predicted molar refractivity (Wildman–Crippen MR) is 143 cm³/mol. The second kappa shape index (κ2) is 9.63. The third kappa shape index (κ3) is 3.74. The van der Waals surface area contributed by atoms with Crippen molar-refractivity contribution >= 4 is 39.3 Å². The second-order valence-corrected chi connectivity index (χ2v) is 11.7. The van der Waals surface area contributed by atoms with Gasteiger partial charge in [-0.05, 0) is 60.5 Å². The number of amides is 2. The van der Waals surface area contributed by atoms with Crippen molar-refractivity contribution in [1.82, 2.24) is 4.90 Å². The van der Waals surface area contributed by atoms with Crippen molar-refractivity contribution in [3.63, 3.8) is 0 Å². The van der Waals surface area contributed by atoms with Gasteiger partial charge in [0.2, 0.25) is 11.8 Å². The van der Waals surface area contributed by atoms with Crippen LogP contribution in [-0.4, -0.2) is 46.0 Å². The van der Waals surface area contributed by atoms with E-state index in [1.54, 1.807) is 18.2 Å². The number of aromatic hydroxyl groups is 1. The predicted octanol–water partition coefficient (Wildman–Crippen LogP) is 4.89. The number of imide groups is 1. The Balaban J connectivity index is 1.48. The van der Waals surface area contributed by atoms with Crippen molar-refractivity contribution in [3.8, 4) is 11.5 Å². The monoisotopic (exact) mass is 579 g/mol. The number of phenols is 1. The molecule has 4 aliphatic carbocycles.